The molecule has 1 unspecified atom stereocenters. The van der Waals surface area contributed by atoms with E-state index in [1.54, 1.807) is 0 Å². The molecule has 5 nitrogen and oxygen atoms in total. The summed E-state index contributed by atoms with van der Waals surface area (Å²) in [6.45, 7) is 7.26. The molecule has 0 spiro atoms. The highest BCUT2D eigenvalue weighted by molar-refractivity contribution is 5.78. The predicted octanol–water partition coefficient (Wildman–Crippen LogP) is -0.179. The van der Waals surface area contributed by atoms with E-state index in [2.05, 4.69) is 16.8 Å². The molecule has 2 aliphatic heterocycles. The maximum absolute atomic E-state index is 12.3. The van der Waals surface area contributed by atoms with Gasteiger partial charge in [-0.2, -0.15) is 0 Å². The van der Waals surface area contributed by atoms with Crippen molar-refractivity contribution >= 4 is 5.91 Å². The Kier molecular flexibility index (Phi) is 5.60. The molecular formula is C14H28N4O. The molecule has 5 heteroatoms. The molecule has 2 rings (SSSR count). The minimum atomic E-state index is 0.307. The summed E-state index contributed by atoms with van der Waals surface area (Å²) in [5.74, 6) is 1.00. The van der Waals surface area contributed by atoms with E-state index in [-0.39, 0.29) is 0 Å². The number of likely N-dealkylation sites (N-methyl/N-ethyl adjacent to an activating group) is 1. The third-order valence-corrected chi connectivity index (χ3v) is 4.39. The Morgan fingerprint density at radius 3 is 2.63 bits per heavy atom. The molecule has 2 saturated heterocycles. The van der Waals surface area contributed by atoms with Gasteiger partial charge < -0.3 is 15.5 Å². The van der Waals surface area contributed by atoms with Crippen LogP contribution in [0.4, 0.5) is 0 Å². The highest BCUT2D eigenvalue weighted by atomic mass is 16.2. The van der Waals surface area contributed by atoms with Gasteiger partial charge in [-0.1, -0.05) is 0 Å². The molecule has 1 atom stereocenters. The summed E-state index contributed by atoms with van der Waals surface area (Å²) in [5.41, 5.74) is 5.64. The molecule has 1 amide bonds. The van der Waals surface area contributed by atoms with Gasteiger partial charge in [-0.3, -0.25) is 9.69 Å². The first-order valence-corrected chi connectivity index (χ1v) is 7.58. The van der Waals surface area contributed by atoms with Gasteiger partial charge in [-0.15, -0.1) is 0 Å². The molecule has 0 aromatic heterocycles. The van der Waals surface area contributed by atoms with E-state index < -0.39 is 0 Å². The summed E-state index contributed by atoms with van der Waals surface area (Å²) < 4.78 is 0. The first-order chi connectivity index (χ1) is 9.19. The molecule has 0 aliphatic carbocycles. The normalized spacial score (nSPS) is 26.6. The number of carbonyl (C=O) groups excluding carboxylic acids is 1. The lowest BCUT2D eigenvalue weighted by atomic mass is 9.95. The van der Waals surface area contributed by atoms with Crippen molar-refractivity contribution in [1.29, 1.82) is 0 Å². The Morgan fingerprint density at radius 2 is 1.95 bits per heavy atom. The highest BCUT2D eigenvalue weighted by Crippen LogP contribution is 2.18. The average Bonchev–Trinajstić information content (AvgIpc) is 2.40. The quantitative estimate of drug-likeness (QED) is 0.768. The van der Waals surface area contributed by atoms with Gasteiger partial charge in [0.1, 0.15) is 0 Å². The van der Waals surface area contributed by atoms with Crippen LogP contribution in [0.5, 0.6) is 0 Å². The maximum atomic E-state index is 12.3. The van der Waals surface area contributed by atoms with Gasteiger partial charge in [0.15, 0.2) is 0 Å². The number of amides is 1. The Balaban J connectivity index is 1.75. The summed E-state index contributed by atoms with van der Waals surface area (Å²) in [7, 11) is 2.11. The van der Waals surface area contributed by atoms with Crippen molar-refractivity contribution in [2.24, 2.45) is 11.7 Å². The smallest absolute Gasteiger partial charge is 0.236 e. The zero-order valence-corrected chi connectivity index (χ0v) is 12.2. The van der Waals surface area contributed by atoms with Crippen molar-refractivity contribution in [1.82, 2.24) is 14.7 Å². The number of likely N-dealkylation sites (tertiary alicyclic amines) is 1. The average molecular weight is 268 g/mol. The molecule has 2 N–H and O–H groups in total. The van der Waals surface area contributed by atoms with Crippen molar-refractivity contribution in [3.8, 4) is 0 Å². The number of hydrogen-bond acceptors (Lipinski definition) is 4. The van der Waals surface area contributed by atoms with Gasteiger partial charge in [0.2, 0.25) is 5.91 Å². The molecule has 0 bridgehead atoms. The topological polar surface area (TPSA) is 52.8 Å². The molecule has 0 aromatic rings. The number of hydrogen-bond donors (Lipinski definition) is 1. The third-order valence-electron chi connectivity index (χ3n) is 4.39. The van der Waals surface area contributed by atoms with Crippen LogP contribution in [0.3, 0.4) is 0 Å². The van der Waals surface area contributed by atoms with Gasteiger partial charge in [-0.25, -0.2) is 0 Å². The second-order valence-electron chi connectivity index (χ2n) is 6.00. The SMILES string of the molecule is CN1CCN(C(=O)CN2CCCC(CCN)C2)CC1. The molecule has 2 fully saturated rings. The molecular weight excluding hydrogens is 240 g/mol. The van der Waals surface area contributed by atoms with E-state index in [9.17, 15) is 4.79 Å². The summed E-state index contributed by atoms with van der Waals surface area (Å²) >= 11 is 0. The summed E-state index contributed by atoms with van der Waals surface area (Å²) in [6.07, 6.45) is 3.58. The number of nitrogens with zero attached hydrogens (tertiary/aromatic N) is 3. The van der Waals surface area contributed by atoms with Crippen molar-refractivity contribution in [2.45, 2.75) is 19.3 Å². The summed E-state index contributed by atoms with van der Waals surface area (Å²) in [4.78, 5) is 18.9. The molecule has 19 heavy (non-hydrogen) atoms. The van der Waals surface area contributed by atoms with E-state index in [1.165, 1.54) is 12.8 Å². The van der Waals surface area contributed by atoms with Crippen LogP contribution >= 0.6 is 0 Å². The van der Waals surface area contributed by atoms with Gasteiger partial charge in [0.25, 0.3) is 0 Å². The van der Waals surface area contributed by atoms with Crippen LogP contribution in [0.15, 0.2) is 0 Å². The number of carbonyl (C=O) groups is 1. The van der Waals surface area contributed by atoms with Crippen molar-refractivity contribution in [2.75, 3.05) is 59.4 Å². The van der Waals surface area contributed by atoms with Gasteiger partial charge in [-0.05, 0) is 45.3 Å². The van der Waals surface area contributed by atoms with Crippen LogP contribution in [-0.4, -0.2) is 80.0 Å². The Labute approximate surface area is 116 Å². The van der Waals surface area contributed by atoms with Crippen molar-refractivity contribution < 1.29 is 4.79 Å². The lowest BCUT2D eigenvalue weighted by Gasteiger charge is -2.36. The lowest BCUT2D eigenvalue weighted by molar-refractivity contribution is -0.134. The van der Waals surface area contributed by atoms with Crippen molar-refractivity contribution in [3.05, 3.63) is 0 Å². The fourth-order valence-corrected chi connectivity index (χ4v) is 3.11. The van der Waals surface area contributed by atoms with Gasteiger partial charge >= 0.3 is 0 Å². The van der Waals surface area contributed by atoms with Crippen LogP contribution in [-0.2, 0) is 4.79 Å². The standard InChI is InChI=1S/C14H28N4O/c1-16-7-9-18(10-8-16)14(19)12-17-6-2-3-13(11-17)4-5-15/h13H,2-12,15H2,1H3. The van der Waals surface area contributed by atoms with Crippen LogP contribution in [0.2, 0.25) is 0 Å². The number of rotatable bonds is 4. The number of piperazine rings is 1. The Hall–Kier alpha value is -0.650. The Bertz CT molecular complexity index is 287. The lowest BCUT2D eigenvalue weighted by Crippen LogP contribution is -2.51. The fourth-order valence-electron chi connectivity index (χ4n) is 3.11. The van der Waals surface area contributed by atoms with Crippen LogP contribution in [0, 0.1) is 5.92 Å². The highest BCUT2D eigenvalue weighted by Gasteiger charge is 2.24. The first kappa shape index (κ1) is 14.8. The molecule has 0 radical (unpaired) electrons. The molecule has 2 aliphatic rings. The number of nitrogens with two attached hydrogens (primary N) is 1. The van der Waals surface area contributed by atoms with Gasteiger partial charge in [0, 0.05) is 32.7 Å². The second kappa shape index (κ2) is 7.22. The summed E-state index contributed by atoms with van der Waals surface area (Å²) in [6, 6.07) is 0. The van der Waals surface area contributed by atoms with Crippen molar-refractivity contribution in [3.63, 3.8) is 0 Å². The third kappa shape index (κ3) is 4.44. The maximum Gasteiger partial charge on any atom is 0.236 e. The minimum Gasteiger partial charge on any atom is -0.339 e. The predicted molar refractivity (Wildman–Crippen MR) is 76.9 cm³/mol. The van der Waals surface area contributed by atoms with Gasteiger partial charge in [0.05, 0.1) is 6.54 Å². The van der Waals surface area contributed by atoms with E-state index in [0.29, 0.717) is 18.4 Å². The molecule has 2 heterocycles. The van der Waals surface area contributed by atoms with E-state index in [0.717, 1.165) is 52.2 Å². The minimum absolute atomic E-state index is 0.307. The van der Waals surface area contributed by atoms with Crippen LogP contribution in [0.25, 0.3) is 0 Å². The van der Waals surface area contributed by atoms with E-state index >= 15 is 0 Å². The van der Waals surface area contributed by atoms with E-state index in [1.807, 2.05) is 4.90 Å². The fraction of sp³-hybridized carbons (Fsp3) is 0.929. The summed E-state index contributed by atoms with van der Waals surface area (Å²) in [5, 5.41) is 0. The number of piperidine rings is 1. The molecule has 0 aromatic carbocycles. The zero-order chi connectivity index (χ0) is 13.7. The zero-order valence-electron chi connectivity index (χ0n) is 12.2. The largest absolute Gasteiger partial charge is 0.339 e. The Morgan fingerprint density at radius 1 is 1.21 bits per heavy atom. The molecule has 0 saturated carbocycles. The molecule has 110 valence electrons. The van der Waals surface area contributed by atoms with E-state index in [4.69, 9.17) is 5.73 Å². The van der Waals surface area contributed by atoms with Crippen LogP contribution < -0.4 is 5.73 Å². The second-order valence-corrected chi connectivity index (χ2v) is 6.00. The van der Waals surface area contributed by atoms with Crippen LogP contribution in [0.1, 0.15) is 19.3 Å². The first-order valence-electron chi connectivity index (χ1n) is 7.58. The monoisotopic (exact) mass is 268 g/mol.